The molecule has 2 aliphatic rings. The summed E-state index contributed by atoms with van der Waals surface area (Å²) >= 11 is 0. The van der Waals surface area contributed by atoms with Gasteiger partial charge in [0.05, 0.1) is 25.4 Å². The largest absolute Gasteiger partial charge is 0.481 e. The number of allylic oxidation sites excluding steroid dienone is 2. The van der Waals surface area contributed by atoms with Gasteiger partial charge in [-0.2, -0.15) is 0 Å². The number of ether oxygens (including phenoxy) is 2. The standard InChI is InChI=1S/C22H39O6P/c1-2-3-8-12-22(26-14-15-27-22)13-11-18-17(19(23)16-20(18)28-29)9-6-4-5-7-10-21(24)25/h4,6,17-20,23H,2-3,5,7-16,29H2,1H3,(H,24,25)/b6-4-/t17?,18-,19?,20?/m1/s1. The van der Waals surface area contributed by atoms with Gasteiger partial charge in [-0.25, -0.2) is 0 Å². The van der Waals surface area contributed by atoms with E-state index in [0.717, 1.165) is 38.5 Å². The van der Waals surface area contributed by atoms with Crippen molar-refractivity contribution >= 4 is 15.4 Å². The first-order chi connectivity index (χ1) is 14.0. The summed E-state index contributed by atoms with van der Waals surface area (Å²) in [5.74, 6) is -0.826. The van der Waals surface area contributed by atoms with E-state index in [-0.39, 0.29) is 30.5 Å². The zero-order valence-corrected chi connectivity index (χ0v) is 18.9. The molecular formula is C22H39O6P. The Morgan fingerprint density at radius 2 is 1.93 bits per heavy atom. The molecule has 1 aliphatic heterocycles. The van der Waals surface area contributed by atoms with Gasteiger partial charge in [0.1, 0.15) is 0 Å². The minimum absolute atomic E-state index is 0.0227. The van der Waals surface area contributed by atoms with Gasteiger partial charge in [-0.05, 0) is 43.9 Å². The van der Waals surface area contributed by atoms with Gasteiger partial charge >= 0.3 is 5.97 Å². The highest BCUT2D eigenvalue weighted by Crippen LogP contribution is 2.43. The van der Waals surface area contributed by atoms with E-state index in [1.807, 2.05) is 6.08 Å². The molecule has 6 nitrogen and oxygen atoms in total. The van der Waals surface area contributed by atoms with Gasteiger partial charge in [0.25, 0.3) is 0 Å². The minimum atomic E-state index is -0.755. The normalized spacial score (nSPS) is 29.1. The Labute approximate surface area is 177 Å². The fourth-order valence-electron chi connectivity index (χ4n) is 4.72. The number of unbranched alkanes of at least 4 members (excludes halogenated alkanes) is 3. The van der Waals surface area contributed by atoms with Crippen LogP contribution in [0.15, 0.2) is 12.2 Å². The summed E-state index contributed by atoms with van der Waals surface area (Å²) in [6.45, 7) is 3.51. The van der Waals surface area contributed by atoms with E-state index >= 15 is 0 Å². The Bertz CT molecular complexity index is 506. The van der Waals surface area contributed by atoms with E-state index in [2.05, 4.69) is 22.5 Å². The van der Waals surface area contributed by atoms with E-state index < -0.39 is 11.8 Å². The van der Waals surface area contributed by atoms with Gasteiger partial charge in [0.2, 0.25) is 0 Å². The first-order valence-corrected chi connectivity index (χ1v) is 11.7. The number of aliphatic carboxylic acids is 1. The molecule has 168 valence electrons. The molecule has 0 aromatic heterocycles. The predicted octanol–water partition coefficient (Wildman–Crippen LogP) is 4.46. The molecule has 1 saturated heterocycles. The number of rotatable bonds is 14. The molecule has 1 saturated carbocycles. The van der Waals surface area contributed by atoms with Gasteiger partial charge in [-0.3, -0.25) is 4.79 Å². The fraction of sp³-hybridized carbons (Fsp3) is 0.864. The molecule has 4 unspecified atom stereocenters. The lowest BCUT2D eigenvalue weighted by atomic mass is 9.85. The van der Waals surface area contributed by atoms with Crippen LogP contribution in [0.1, 0.15) is 77.6 Å². The molecule has 2 rings (SSSR count). The maximum atomic E-state index is 10.6. The van der Waals surface area contributed by atoms with Crippen molar-refractivity contribution in [1.82, 2.24) is 0 Å². The number of hydrogen-bond acceptors (Lipinski definition) is 5. The third kappa shape index (κ3) is 7.91. The van der Waals surface area contributed by atoms with Crippen LogP contribution in [-0.4, -0.2) is 47.4 Å². The summed E-state index contributed by atoms with van der Waals surface area (Å²) in [7, 11) is 2.37. The highest BCUT2D eigenvalue weighted by Gasteiger charge is 2.44. The van der Waals surface area contributed by atoms with E-state index in [4.69, 9.17) is 19.1 Å². The quantitative estimate of drug-likeness (QED) is 0.240. The zero-order valence-electron chi connectivity index (χ0n) is 17.8. The zero-order chi connectivity index (χ0) is 21.1. The van der Waals surface area contributed by atoms with Crippen LogP contribution in [0.25, 0.3) is 0 Å². The molecule has 2 N–H and O–H groups in total. The smallest absolute Gasteiger partial charge is 0.303 e. The molecule has 1 aliphatic carbocycles. The van der Waals surface area contributed by atoms with Gasteiger partial charge < -0.3 is 24.2 Å². The molecule has 0 amide bonds. The van der Waals surface area contributed by atoms with E-state index in [0.29, 0.717) is 26.1 Å². The lowest BCUT2D eigenvalue weighted by molar-refractivity contribution is -0.171. The summed E-state index contributed by atoms with van der Waals surface area (Å²) in [6, 6.07) is 0. The van der Waals surface area contributed by atoms with Crippen LogP contribution in [-0.2, 0) is 18.8 Å². The molecule has 0 radical (unpaired) electrons. The Morgan fingerprint density at radius 1 is 1.17 bits per heavy atom. The highest BCUT2D eigenvalue weighted by atomic mass is 31.0. The Kier molecular flexibility index (Phi) is 11.1. The van der Waals surface area contributed by atoms with E-state index in [1.165, 1.54) is 12.8 Å². The summed E-state index contributed by atoms with van der Waals surface area (Å²) in [5.41, 5.74) is 0. The van der Waals surface area contributed by atoms with Gasteiger partial charge in [-0.15, -0.1) is 0 Å². The Morgan fingerprint density at radius 3 is 2.59 bits per heavy atom. The van der Waals surface area contributed by atoms with Crippen LogP contribution < -0.4 is 0 Å². The van der Waals surface area contributed by atoms with Crippen molar-refractivity contribution in [1.29, 1.82) is 0 Å². The van der Waals surface area contributed by atoms with Crippen molar-refractivity contribution < 1.29 is 29.0 Å². The van der Waals surface area contributed by atoms with E-state index in [9.17, 15) is 9.90 Å². The van der Waals surface area contributed by atoms with Crippen LogP contribution in [0.2, 0.25) is 0 Å². The van der Waals surface area contributed by atoms with Gasteiger partial charge in [0.15, 0.2) is 5.79 Å². The average molecular weight is 431 g/mol. The molecule has 0 aromatic rings. The molecule has 0 bridgehead atoms. The number of aliphatic hydroxyl groups is 1. The molecular weight excluding hydrogens is 391 g/mol. The monoisotopic (exact) mass is 430 g/mol. The number of aliphatic hydroxyl groups excluding tert-OH is 1. The third-order valence-electron chi connectivity index (χ3n) is 6.34. The molecule has 2 fully saturated rings. The predicted molar refractivity (Wildman–Crippen MR) is 115 cm³/mol. The second-order valence-electron chi connectivity index (χ2n) is 8.40. The van der Waals surface area contributed by atoms with Crippen molar-refractivity contribution in [2.24, 2.45) is 11.8 Å². The second-order valence-corrected chi connectivity index (χ2v) is 8.67. The van der Waals surface area contributed by atoms with Crippen LogP contribution in [0.3, 0.4) is 0 Å². The van der Waals surface area contributed by atoms with Crippen molar-refractivity contribution in [3.05, 3.63) is 12.2 Å². The first-order valence-electron chi connectivity index (χ1n) is 11.2. The third-order valence-corrected chi connectivity index (χ3v) is 6.69. The lowest BCUT2D eigenvalue weighted by Gasteiger charge is -2.31. The van der Waals surface area contributed by atoms with Crippen LogP contribution >= 0.6 is 9.47 Å². The molecule has 0 aromatic carbocycles. The Hall–Kier alpha value is -0.520. The summed E-state index contributed by atoms with van der Waals surface area (Å²) in [4.78, 5) is 10.6. The highest BCUT2D eigenvalue weighted by molar-refractivity contribution is 7.09. The molecule has 5 atom stereocenters. The first kappa shape index (κ1) is 24.7. The molecule has 0 spiro atoms. The topological polar surface area (TPSA) is 85.2 Å². The van der Waals surface area contributed by atoms with Gasteiger partial charge in [-0.1, -0.05) is 31.9 Å². The Balaban J connectivity index is 1.89. The summed E-state index contributed by atoms with van der Waals surface area (Å²) in [5, 5.41) is 19.3. The van der Waals surface area contributed by atoms with Crippen LogP contribution in [0.5, 0.6) is 0 Å². The van der Waals surface area contributed by atoms with Crippen molar-refractivity contribution in [3.63, 3.8) is 0 Å². The van der Waals surface area contributed by atoms with Crippen LogP contribution in [0, 0.1) is 11.8 Å². The number of carbonyl (C=O) groups is 1. The maximum absolute atomic E-state index is 10.6. The minimum Gasteiger partial charge on any atom is -0.481 e. The number of carboxylic acids is 1. The van der Waals surface area contributed by atoms with Crippen molar-refractivity contribution in [2.75, 3.05) is 13.2 Å². The lowest BCUT2D eigenvalue weighted by Crippen LogP contribution is -2.33. The number of hydrogen-bond donors (Lipinski definition) is 2. The summed E-state index contributed by atoms with van der Waals surface area (Å²) in [6.07, 6.45) is 12.9. The van der Waals surface area contributed by atoms with Crippen molar-refractivity contribution in [3.8, 4) is 0 Å². The summed E-state index contributed by atoms with van der Waals surface area (Å²) < 4.78 is 17.7. The van der Waals surface area contributed by atoms with Crippen LogP contribution in [0.4, 0.5) is 0 Å². The van der Waals surface area contributed by atoms with E-state index in [1.54, 1.807) is 0 Å². The SMILES string of the molecule is CCCCCC1(CC[C@H]2C(OP)CC(O)C2C/C=C\CCCC(=O)O)OCCO1. The fourth-order valence-corrected chi connectivity index (χ4v) is 5.03. The molecule has 1 heterocycles. The number of carboxylic acid groups (broad SMARTS) is 1. The maximum Gasteiger partial charge on any atom is 0.303 e. The molecule has 7 heteroatoms. The molecule has 29 heavy (non-hydrogen) atoms. The van der Waals surface area contributed by atoms with Gasteiger partial charge in [0, 0.05) is 35.2 Å². The van der Waals surface area contributed by atoms with Crippen molar-refractivity contribution in [2.45, 2.75) is 95.5 Å². The average Bonchev–Trinajstić information content (AvgIpc) is 3.28. The second kappa shape index (κ2) is 13.0.